The van der Waals surface area contributed by atoms with Gasteiger partial charge in [0.15, 0.2) is 0 Å². The molecule has 0 saturated heterocycles. The molecule has 1 aromatic carbocycles. The number of hydrogen-bond acceptors (Lipinski definition) is 3. The summed E-state index contributed by atoms with van der Waals surface area (Å²) >= 11 is 3.32. The SMILES string of the molecule is O=C(O)C(COc1cccc(Br)c1)c1ccco1. The second-order valence-corrected chi connectivity index (χ2v) is 4.59. The molecule has 0 spiro atoms. The molecule has 1 aromatic heterocycles. The smallest absolute Gasteiger partial charge is 0.317 e. The van der Waals surface area contributed by atoms with E-state index in [1.54, 1.807) is 24.3 Å². The number of carboxylic acids is 1. The Morgan fingerprint density at radius 3 is 2.83 bits per heavy atom. The molecule has 2 aromatic rings. The van der Waals surface area contributed by atoms with Crippen molar-refractivity contribution >= 4 is 21.9 Å². The van der Waals surface area contributed by atoms with E-state index in [1.807, 2.05) is 12.1 Å². The first-order valence-electron chi connectivity index (χ1n) is 5.31. The number of carboxylic acid groups (broad SMARTS) is 1. The standard InChI is InChI=1S/C13H11BrO4/c14-9-3-1-4-10(7-9)18-8-11(13(15)16)12-5-2-6-17-12/h1-7,11H,8H2,(H,15,16). The van der Waals surface area contributed by atoms with Crippen molar-refractivity contribution in [2.45, 2.75) is 5.92 Å². The van der Waals surface area contributed by atoms with Gasteiger partial charge in [-0.1, -0.05) is 22.0 Å². The van der Waals surface area contributed by atoms with Gasteiger partial charge in [0, 0.05) is 4.47 Å². The van der Waals surface area contributed by atoms with Gasteiger partial charge in [0.1, 0.15) is 24.0 Å². The minimum absolute atomic E-state index is 0.0271. The number of rotatable bonds is 5. The predicted octanol–water partition coefficient (Wildman–Crippen LogP) is 3.29. The zero-order chi connectivity index (χ0) is 13.0. The van der Waals surface area contributed by atoms with Crippen molar-refractivity contribution in [3.05, 3.63) is 52.9 Å². The first-order chi connectivity index (χ1) is 8.66. The molecule has 0 aliphatic heterocycles. The zero-order valence-corrected chi connectivity index (χ0v) is 11.0. The summed E-state index contributed by atoms with van der Waals surface area (Å²) < 4.78 is 11.4. The molecule has 18 heavy (non-hydrogen) atoms. The third kappa shape index (κ3) is 3.13. The van der Waals surface area contributed by atoms with Crippen LogP contribution >= 0.6 is 15.9 Å². The van der Waals surface area contributed by atoms with Crippen molar-refractivity contribution in [2.75, 3.05) is 6.61 Å². The van der Waals surface area contributed by atoms with Gasteiger partial charge in [-0.25, -0.2) is 0 Å². The molecule has 0 aliphatic carbocycles. The third-order valence-electron chi connectivity index (χ3n) is 2.40. The molecule has 0 amide bonds. The van der Waals surface area contributed by atoms with Gasteiger partial charge < -0.3 is 14.3 Å². The lowest BCUT2D eigenvalue weighted by atomic mass is 10.1. The Hall–Kier alpha value is -1.75. The second-order valence-electron chi connectivity index (χ2n) is 3.67. The van der Waals surface area contributed by atoms with Crippen LogP contribution in [0.15, 0.2) is 51.6 Å². The van der Waals surface area contributed by atoms with Gasteiger partial charge in [-0.2, -0.15) is 0 Å². The maximum atomic E-state index is 11.1. The summed E-state index contributed by atoms with van der Waals surface area (Å²) in [4.78, 5) is 11.1. The average Bonchev–Trinajstić information content (AvgIpc) is 2.82. The largest absolute Gasteiger partial charge is 0.492 e. The fraction of sp³-hybridized carbons (Fsp3) is 0.154. The highest BCUT2D eigenvalue weighted by Crippen LogP contribution is 2.21. The van der Waals surface area contributed by atoms with Crippen LogP contribution in [-0.2, 0) is 4.79 Å². The van der Waals surface area contributed by atoms with E-state index >= 15 is 0 Å². The molecule has 0 bridgehead atoms. The van der Waals surface area contributed by atoms with Crippen LogP contribution in [0.5, 0.6) is 5.75 Å². The lowest BCUT2D eigenvalue weighted by molar-refractivity contribution is -0.140. The molecule has 1 N–H and O–H groups in total. The normalized spacial score (nSPS) is 12.1. The Balaban J connectivity index is 2.05. The second kappa shape index (κ2) is 5.73. The highest BCUT2D eigenvalue weighted by Gasteiger charge is 2.23. The van der Waals surface area contributed by atoms with Crippen molar-refractivity contribution in [3.63, 3.8) is 0 Å². The van der Waals surface area contributed by atoms with Gasteiger partial charge >= 0.3 is 5.97 Å². The fourth-order valence-electron chi connectivity index (χ4n) is 1.50. The number of benzene rings is 1. The molecule has 0 aliphatic rings. The quantitative estimate of drug-likeness (QED) is 0.920. The third-order valence-corrected chi connectivity index (χ3v) is 2.89. The lowest BCUT2D eigenvalue weighted by Crippen LogP contribution is -2.18. The van der Waals surface area contributed by atoms with Crippen molar-refractivity contribution < 1.29 is 19.1 Å². The summed E-state index contributed by atoms with van der Waals surface area (Å²) in [6.45, 7) is 0.0271. The molecular formula is C13H11BrO4. The van der Waals surface area contributed by atoms with Crippen LogP contribution in [0.25, 0.3) is 0 Å². The van der Waals surface area contributed by atoms with Gasteiger partial charge in [-0.15, -0.1) is 0 Å². The van der Waals surface area contributed by atoms with Crippen molar-refractivity contribution in [2.24, 2.45) is 0 Å². The maximum Gasteiger partial charge on any atom is 0.317 e. The molecule has 1 unspecified atom stereocenters. The number of furan rings is 1. The van der Waals surface area contributed by atoms with Gasteiger partial charge in [0.25, 0.3) is 0 Å². The van der Waals surface area contributed by atoms with Crippen LogP contribution in [0.3, 0.4) is 0 Å². The summed E-state index contributed by atoms with van der Waals surface area (Å²) in [6.07, 6.45) is 1.45. The topological polar surface area (TPSA) is 59.7 Å². The van der Waals surface area contributed by atoms with Gasteiger partial charge in [0.2, 0.25) is 0 Å². The highest BCUT2D eigenvalue weighted by molar-refractivity contribution is 9.10. The maximum absolute atomic E-state index is 11.1. The molecule has 5 heteroatoms. The van der Waals surface area contributed by atoms with E-state index in [-0.39, 0.29) is 6.61 Å². The molecule has 0 radical (unpaired) electrons. The van der Waals surface area contributed by atoms with E-state index in [4.69, 9.17) is 14.3 Å². The van der Waals surface area contributed by atoms with Crippen LogP contribution in [-0.4, -0.2) is 17.7 Å². The molecule has 1 atom stereocenters. The predicted molar refractivity (Wildman–Crippen MR) is 68.7 cm³/mol. The van der Waals surface area contributed by atoms with E-state index in [9.17, 15) is 4.79 Å². The summed E-state index contributed by atoms with van der Waals surface area (Å²) in [7, 11) is 0. The molecule has 4 nitrogen and oxygen atoms in total. The highest BCUT2D eigenvalue weighted by atomic mass is 79.9. The van der Waals surface area contributed by atoms with Crippen molar-refractivity contribution in [1.82, 2.24) is 0 Å². The number of carbonyl (C=O) groups is 1. The number of halogens is 1. The Kier molecular flexibility index (Phi) is 4.04. The average molecular weight is 311 g/mol. The minimum atomic E-state index is -0.972. The number of aliphatic carboxylic acids is 1. The molecular weight excluding hydrogens is 300 g/mol. The van der Waals surface area contributed by atoms with Crippen LogP contribution in [0, 0.1) is 0 Å². The summed E-state index contributed by atoms with van der Waals surface area (Å²) in [5.41, 5.74) is 0. The van der Waals surface area contributed by atoms with E-state index in [1.165, 1.54) is 6.26 Å². The molecule has 2 rings (SSSR count). The van der Waals surface area contributed by atoms with Crippen molar-refractivity contribution in [1.29, 1.82) is 0 Å². The van der Waals surface area contributed by atoms with Gasteiger partial charge in [-0.3, -0.25) is 4.79 Å². The monoisotopic (exact) mass is 310 g/mol. The first-order valence-corrected chi connectivity index (χ1v) is 6.10. The summed E-state index contributed by atoms with van der Waals surface area (Å²) in [5.74, 6) is -0.779. The zero-order valence-electron chi connectivity index (χ0n) is 9.38. The van der Waals surface area contributed by atoms with Gasteiger partial charge in [0.05, 0.1) is 6.26 Å². The summed E-state index contributed by atoms with van der Waals surface area (Å²) in [6, 6.07) is 10.5. The molecule has 94 valence electrons. The fourth-order valence-corrected chi connectivity index (χ4v) is 1.88. The molecule has 1 heterocycles. The van der Waals surface area contributed by atoms with E-state index in [0.29, 0.717) is 11.5 Å². The van der Waals surface area contributed by atoms with Gasteiger partial charge in [-0.05, 0) is 30.3 Å². The van der Waals surface area contributed by atoms with Crippen LogP contribution in [0.2, 0.25) is 0 Å². The van der Waals surface area contributed by atoms with Crippen LogP contribution in [0.4, 0.5) is 0 Å². The van der Waals surface area contributed by atoms with Crippen molar-refractivity contribution in [3.8, 4) is 5.75 Å². The number of hydrogen-bond donors (Lipinski definition) is 1. The van der Waals surface area contributed by atoms with Crippen LogP contribution in [0.1, 0.15) is 11.7 Å². The van der Waals surface area contributed by atoms with E-state index < -0.39 is 11.9 Å². The van der Waals surface area contributed by atoms with E-state index in [2.05, 4.69) is 15.9 Å². The minimum Gasteiger partial charge on any atom is -0.492 e. The van der Waals surface area contributed by atoms with Crippen LogP contribution < -0.4 is 4.74 Å². The Bertz CT molecular complexity index is 522. The molecule has 0 fully saturated rings. The Morgan fingerprint density at radius 2 is 2.22 bits per heavy atom. The Morgan fingerprint density at radius 1 is 1.39 bits per heavy atom. The first kappa shape index (κ1) is 12.7. The lowest BCUT2D eigenvalue weighted by Gasteiger charge is -2.11. The summed E-state index contributed by atoms with van der Waals surface area (Å²) in [5, 5.41) is 9.13. The Labute approximate surface area is 112 Å². The van der Waals surface area contributed by atoms with E-state index in [0.717, 1.165) is 4.47 Å². The number of ether oxygens (including phenoxy) is 1. The molecule has 0 saturated carbocycles.